The Morgan fingerprint density at radius 2 is 1.47 bits per heavy atom. The molecule has 34 heavy (non-hydrogen) atoms. The monoisotopic (exact) mass is 558 g/mol. The number of sulfonamides is 1. The van der Waals surface area contributed by atoms with E-state index in [0.717, 1.165) is 9.87 Å². The highest BCUT2D eigenvalue weighted by atomic mass is 35.5. The van der Waals surface area contributed by atoms with Crippen molar-refractivity contribution in [3.05, 3.63) is 90.9 Å². The van der Waals surface area contributed by atoms with Crippen LogP contribution in [-0.4, -0.2) is 25.2 Å². The summed E-state index contributed by atoms with van der Waals surface area (Å²) in [6, 6.07) is 13.0. The van der Waals surface area contributed by atoms with Crippen molar-refractivity contribution >= 4 is 68.0 Å². The van der Waals surface area contributed by atoms with Gasteiger partial charge in [0.1, 0.15) is 0 Å². The van der Waals surface area contributed by atoms with Crippen molar-refractivity contribution in [1.82, 2.24) is 4.31 Å². The maximum atomic E-state index is 13.8. The summed E-state index contributed by atoms with van der Waals surface area (Å²) in [5, 5.41) is 3.93. The van der Waals surface area contributed by atoms with Gasteiger partial charge in [0.25, 0.3) is 0 Å². The van der Waals surface area contributed by atoms with Gasteiger partial charge in [-0.05, 0) is 67.8 Å². The second kappa shape index (κ2) is 10.9. The van der Waals surface area contributed by atoms with Gasteiger partial charge in [-0.2, -0.15) is 4.31 Å². The maximum Gasteiger partial charge on any atom is 0.244 e. The molecule has 0 heterocycles. The molecule has 3 aromatic carbocycles. The lowest BCUT2D eigenvalue weighted by Crippen LogP contribution is -2.38. The lowest BCUT2D eigenvalue weighted by atomic mass is 10.1. The van der Waals surface area contributed by atoms with Gasteiger partial charge in [0.05, 0.1) is 32.2 Å². The lowest BCUT2D eigenvalue weighted by molar-refractivity contribution is -0.116. The summed E-state index contributed by atoms with van der Waals surface area (Å²) in [6.45, 7) is 4.80. The lowest BCUT2D eigenvalue weighted by Gasteiger charge is -2.24. The predicted octanol–water partition coefficient (Wildman–Crippen LogP) is 7.06. The first-order valence-corrected chi connectivity index (χ1v) is 13.1. The third-order valence-electron chi connectivity index (χ3n) is 5.07. The molecule has 0 aliphatic carbocycles. The van der Waals surface area contributed by atoms with Crippen LogP contribution in [0.4, 0.5) is 5.69 Å². The van der Waals surface area contributed by atoms with Crippen LogP contribution in [0.5, 0.6) is 0 Å². The minimum Gasteiger partial charge on any atom is -0.324 e. The number of benzene rings is 3. The third kappa shape index (κ3) is 6.25. The Morgan fingerprint density at radius 1 is 0.853 bits per heavy atom. The van der Waals surface area contributed by atoms with Crippen molar-refractivity contribution in [2.45, 2.75) is 32.2 Å². The van der Waals surface area contributed by atoms with E-state index < -0.39 is 22.5 Å². The molecule has 0 atom stereocenters. The second-order valence-electron chi connectivity index (χ2n) is 7.92. The number of rotatable bonds is 7. The average molecular weight is 560 g/mol. The first kappa shape index (κ1) is 26.8. The molecule has 10 heteroatoms. The number of hydrogen-bond acceptors (Lipinski definition) is 3. The molecule has 180 valence electrons. The quantitative estimate of drug-likeness (QED) is 0.337. The Morgan fingerprint density at radius 3 is 2.09 bits per heavy atom. The molecule has 5 nitrogen and oxygen atoms in total. The van der Waals surface area contributed by atoms with E-state index in [1.165, 1.54) is 6.07 Å². The first-order valence-electron chi connectivity index (χ1n) is 10.2. The molecule has 0 aliphatic heterocycles. The Labute approximate surface area is 219 Å². The van der Waals surface area contributed by atoms with E-state index in [9.17, 15) is 13.2 Å². The number of carbonyl (C=O) groups excluding carboxylic acids is 1. The highest BCUT2D eigenvalue weighted by Gasteiger charge is 2.30. The summed E-state index contributed by atoms with van der Waals surface area (Å²) >= 11 is 24.3. The zero-order valence-corrected chi connectivity index (χ0v) is 22.5. The maximum absolute atomic E-state index is 13.8. The minimum atomic E-state index is -4.07. The number of aryl methyl sites for hydroxylation is 3. The van der Waals surface area contributed by atoms with Crippen LogP contribution in [0, 0.1) is 20.8 Å². The molecule has 0 unspecified atom stereocenters. The van der Waals surface area contributed by atoms with Gasteiger partial charge >= 0.3 is 0 Å². The summed E-state index contributed by atoms with van der Waals surface area (Å²) < 4.78 is 28.7. The molecule has 0 saturated heterocycles. The van der Waals surface area contributed by atoms with Crippen LogP contribution >= 0.6 is 46.4 Å². The fourth-order valence-corrected chi connectivity index (χ4v) is 6.17. The van der Waals surface area contributed by atoms with E-state index in [2.05, 4.69) is 5.32 Å². The molecule has 1 N–H and O–H groups in total. The highest BCUT2D eigenvalue weighted by molar-refractivity contribution is 7.89. The molecule has 0 radical (unpaired) electrons. The van der Waals surface area contributed by atoms with Gasteiger partial charge in [0.2, 0.25) is 15.9 Å². The van der Waals surface area contributed by atoms with Gasteiger partial charge in [-0.3, -0.25) is 4.79 Å². The van der Waals surface area contributed by atoms with Crippen molar-refractivity contribution in [3.8, 4) is 0 Å². The third-order valence-corrected chi connectivity index (χ3v) is 8.47. The van der Waals surface area contributed by atoms with E-state index in [1.54, 1.807) is 56.3 Å². The summed E-state index contributed by atoms with van der Waals surface area (Å²) in [6.07, 6.45) is 0. The van der Waals surface area contributed by atoms with Gasteiger partial charge in [-0.25, -0.2) is 8.42 Å². The van der Waals surface area contributed by atoms with Crippen LogP contribution in [0.1, 0.15) is 22.3 Å². The Kier molecular flexibility index (Phi) is 8.56. The first-order chi connectivity index (χ1) is 15.9. The van der Waals surface area contributed by atoms with E-state index in [1.807, 2.05) is 6.92 Å². The molecule has 3 rings (SSSR count). The van der Waals surface area contributed by atoms with Gasteiger partial charge < -0.3 is 5.32 Å². The number of hydrogen-bond donors (Lipinski definition) is 1. The molecule has 0 aliphatic rings. The van der Waals surface area contributed by atoms with Crippen molar-refractivity contribution in [1.29, 1.82) is 0 Å². The standard InChI is InChI=1S/C24H22Cl4N2O3S/c1-14-8-15(2)24(16(3)9-14)34(32,33)30(12-17-4-6-19(26)21(28)10-17)13-23(31)29-22-11-18(25)5-7-20(22)27/h4-11H,12-13H2,1-3H3,(H,29,31). The normalized spacial score (nSPS) is 11.6. The van der Waals surface area contributed by atoms with Crippen molar-refractivity contribution in [2.75, 3.05) is 11.9 Å². The Balaban J connectivity index is 2.00. The zero-order valence-electron chi connectivity index (χ0n) is 18.6. The van der Waals surface area contributed by atoms with E-state index in [0.29, 0.717) is 26.7 Å². The predicted molar refractivity (Wildman–Crippen MR) is 140 cm³/mol. The minimum absolute atomic E-state index is 0.0946. The molecule has 1 amide bonds. The summed E-state index contributed by atoms with van der Waals surface area (Å²) in [5.74, 6) is -0.574. The fourth-order valence-electron chi connectivity index (χ4n) is 3.71. The molecule has 0 bridgehead atoms. The highest BCUT2D eigenvalue weighted by Crippen LogP contribution is 2.29. The van der Waals surface area contributed by atoms with Gasteiger partial charge in [0.15, 0.2) is 0 Å². The van der Waals surface area contributed by atoms with Crippen molar-refractivity contribution in [3.63, 3.8) is 0 Å². The number of anilines is 1. The van der Waals surface area contributed by atoms with Gasteiger partial charge in [0, 0.05) is 11.6 Å². The zero-order chi connectivity index (χ0) is 25.2. The SMILES string of the molecule is Cc1cc(C)c(S(=O)(=O)N(CC(=O)Nc2cc(Cl)ccc2Cl)Cc2ccc(Cl)c(Cl)c2)c(C)c1. The molecule has 0 fully saturated rings. The van der Waals surface area contributed by atoms with Crippen LogP contribution in [-0.2, 0) is 21.4 Å². The number of nitrogens with one attached hydrogen (secondary N) is 1. The van der Waals surface area contributed by atoms with E-state index in [4.69, 9.17) is 46.4 Å². The van der Waals surface area contributed by atoms with Crippen LogP contribution in [0.3, 0.4) is 0 Å². The average Bonchev–Trinajstić information content (AvgIpc) is 2.72. The van der Waals surface area contributed by atoms with Gasteiger partial charge in [-0.15, -0.1) is 0 Å². The van der Waals surface area contributed by atoms with Crippen LogP contribution in [0.25, 0.3) is 0 Å². The van der Waals surface area contributed by atoms with Gasteiger partial charge in [-0.1, -0.05) is 70.2 Å². The molecular weight excluding hydrogens is 538 g/mol. The van der Waals surface area contributed by atoms with Crippen molar-refractivity contribution in [2.24, 2.45) is 0 Å². The molecular formula is C24H22Cl4N2O3S. The molecule has 0 spiro atoms. The number of nitrogens with zero attached hydrogens (tertiary/aromatic N) is 1. The van der Waals surface area contributed by atoms with Crippen LogP contribution in [0.15, 0.2) is 53.4 Å². The summed E-state index contributed by atoms with van der Waals surface area (Å²) in [5.41, 5.74) is 2.99. The Bertz CT molecular complexity index is 1340. The van der Waals surface area contributed by atoms with Crippen LogP contribution < -0.4 is 5.32 Å². The fraction of sp³-hybridized carbons (Fsp3) is 0.208. The molecule has 3 aromatic rings. The Hall–Kier alpha value is -1.80. The van der Waals surface area contributed by atoms with E-state index >= 15 is 0 Å². The number of amides is 1. The van der Waals surface area contributed by atoms with Crippen LogP contribution in [0.2, 0.25) is 20.1 Å². The number of carbonyl (C=O) groups is 1. The smallest absolute Gasteiger partial charge is 0.244 e. The summed E-state index contributed by atoms with van der Waals surface area (Å²) in [7, 11) is -4.07. The van der Waals surface area contributed by atoms with E-state index in [-0.39, 0.29) is 27.2 Å². The largest absolute Gasteiger partial charge is 0.324 e. The molecule has 0 aromatic heterocycles. The summed E-state index contributed by atoms with van der Waals surface area (Å²) in [4.78, 5) is 13.1. The topological polar surface area (TPSA) is 66.5 Å². The molecule has 0 saturated carbocycles. The number of halogens is 4. The van der Waals surface area contributed by atoms with Crippen molar-refractivity contribution < 1.29 is 13.2 Å². The second-order valence-corrected chi connectivity index (χ2v) is 11.5.